The number of nitrogens with zero attached hydrogens (tertiary/aromatic N) is 2. The van der Waals surface area contributed by atoms with Crippen LogP contribution < -0.4 is 5.56 Å². The lowest BCUT2D eigenvalue weighted by atomic mass is 10.1. The van der Waals surface area contributed by atoms with Crippen LogP contribution in [0.25, 0.3) is 10.9 Å². The van der Waals surface area contributed by atoms with Crippen molar-refractivity contribution in [3.63, 3.8) is 0 Å². The molecule has 0 amide bonds. The van der Waals surface area contributed by atoms with Crippen LogP contribution in [-0.2, 0) is 23.9 Å². The Labute approximate surface area is 173 Å². The van der Waals surface area contributed by atoms with Crippen LogP contribution in [0, 0.1) is 0 Å². The molecule has 0 bridgehead atoms. The largest absolute Gasteiger partial charge is 0.461 e. The molecular formula is C21H17F3N2O3S. The van der Waals surface area contributed by atoms with Gasteiger partial charge in [0.2, 0.25) is 0 Å². The van der Waals surface area contributed by atoms with E-state index in [1.165, 1.54) is 30.0 Å². The molecule has 1 aliphatic rings. The minimum atomic E-state index is -4.39. The van der Waals surface area contributed by atoms with E-state index in [4.69, 9.17) is 4.74 Å². The topological polar surface area (TPSA) is 61.2 Å². The van der Waals surface area contributed by atoms with E-state index >= 15 is 0 Å². The van der Waals surface area contributed by atoms with E-state index in [0.717, 1.165) is 30.8 Å². The van der Waals surface area contributed by atoms with Crippen molar-refractivity contribution in [2.75, 3.05) is 12.4 Å². The number of aryl methyl sites for hydroxylation is 1. The molecule has 2 heterocycles. The van der Waals surface area contributed by atoms with Gasteiger partial charge in [-0.2, -0.15) is 13.2 Å². The predicted molar refractivity (Wildman–Crippen MR) is 107 cm³/mol. The summed E-state index contributed by atoms with van der Waals surface area (Å²) in [6.45, 7) is 0.697. The second-order valence-corrected chi connectivity index (χ2v) is 8.00. The third-order valence-corrected chi connectivity index (χ3v) is 5.76. The Balaban J connectivity index is 1.38. The van der Waals surface area contributed by atoms with Gasteiger partial charge in [0.15, 0.2) is 0 Å². The summed E-state index contributed by atoms with van der Waals surface area (Å²) in [7, 11) is 0. The van der Waals surface area contributed by atoms with Crippen molar-refractivity contribution in [1.82, 2.24) is 9.55 Å². The molecule has 0 aliphatic carbocycles. The summed E-state index contributed by atoms with van der Waals surface area (Å²) in [6, 6.07) is 9.64. The van der Waals surface area contributed by atoms with Crippen molar-refractivity contribution < 1.29 is 22.7 Å². The Morgan fingerprint density at radius 1 is 1.20 bits per heavy atom. The number of thioether (sulfide) groups is 1. The Kier molecular flexibility index (Phi) is 5.55. The van der Waals surface area contributed by atoms with Gasteiger partial charge >= 0.3 is 12.1 Å². The van der Waals surface area contributed by atoms with Crippen molar-refractivity contribution in [3.05, 3.63) is 69.8 Å². The Morgan fingerprint density at radius 2 is 2.03 bits per heavy atom. The summed E-state index contributed by atoms with van der Waals surface area (Å²) < 4.78 is 45.1. The first kappa shape index (κ1) is 20.5. The van der Waals surface area contributed by atoms with Crippen molar-refractivity contribution in [1.29, 1.82) is 0 Å². The maximum absolute atomic E-state index is 12.8. The monoisotopic (exact) mass is 434 g/mol. The molecule has 0 atom stereocenters. The highest BCUT2D eigenvalue weighted by atomic mass is 32.2. The van der Waals surface area contributed by atoms with Crippen molar-refractivity contribution in [2.24, 2.45) is 0 Å². The second-order valence-electron chi connectivity index (χ2n) is 6.83. The lowest BCUT2D eigenvalue weighted by Crippen LogP contribution is -2.21. The third kappa shape index (κ3) is 4.21. The Bertz CT molecular complexity index is 1170. The zero-order chi connectivity index (χ0) is 21.3. The summed E-state index contributed by atoms with van der Waals surface area (Å²) >= 11 is 1.17. The molecule has 4 rings (SSSR count). The fraction of sp³-hybridized carbons (Fsp3) is 0.286. The van der Waals surface area contributed by atoms with E-state index in [-0.39, 0.29) is 17.7 Å². The lowest BCUT2D eigenvalue weighted by molar-refractivity contribution is -0.137. The van der Waals surface area contributed by atoms with E-state index in [2.05, 4.69) is 4.98 Å². The first-order valence-electron chi connectivity index (χ1n) is 9.33. The number of rotatable bonds is 5. The fourth-order valence-corrected chi connectivity index (χ4v) is 4.14. The summed E-state index contributed by atoms with van der Waals surface area (Å²) in [5.41, 5.74) is -0.0807. The standard InChI is InChI=1S/C21H17F3N2O3S/c22-21(23,24)14-3-1-4-15(12-14)30-10-9-29-20(28)13-6-7-16-17(11-13)25-18-5-2-8-26(18)19(16)27/h1,3-4,6-7,11-12H,2,5,8-10H2. The van der Waals surface area contributed by atoms with E-state index in [1.807, 2.05) is 0 Å². The molecule has 9 heteroatoms. The Morgan fingerprint density at radius 3 is 2.83 bits per heavy atom. The number of benzene rings is 2. The van der Waals surface area contributed by atoms with E-state index < -0.39 is 17.7 Å². The van der Waals surface area contributed by atoms with Crippen molar-refractivity contribution in [2.45, 2.75) is 30.5 Å². The number of aromatic nitrogens is 2. The highest BCUT2D eigenvalue weighted by Gasteiger charge is 2.30. The number of esters is 1. The van der Waals surface area contributed by atoms with Crippen LogP contribution in [0.15, 0.2) is 52.2 Å². The average Bonchev–Trinajstić information content (AvgIpc) is 3.19. The first-order chi connectivity index (χ1) is 14.3. The van der Waals surface area contributed by atoms with Crippen LogP contribution in [0.2, 0.25) is 0 Å². The van der Waals surface area contributed by atoms with E-state index in [1.54, 1.807) is 16.7 Å². The SMILES string of the molecule is O=C(OCCSc1cccc(C(F)(F)F)c1)c1ccc2c(=O)n3c(nc2c1)CCC3. The van der Waals surface area contributed by atoms with Gasteiger partial charge in [0.1, 0.15) is 12.4 Å². The molecule has 1 aliphatic heterocycles. The number of carbonyl (C=O) groups excluding carboxylic acids is 1. The summed E-state index contributed by atoms with van der Waals surface area (Å²) in [5, 5.41) is 0.456. The highest BCUT2D eigenvalue weighted by molar-refractivity contribution is 7.99. The number of carbonyl (C=O) groups is 1. The Hall–Kier alpha value is -2.81. The zero-order valence-corrected chi connectivity index (χ0v) is 16.6. The van der Waals surface area contributed by atoms with E-state index in [9.17, 15) is 22.8 Å². The van der Waals surface area contributed by atoms with Crippen LogP contribution in [0.5, 0.6) is 0 Å². The van der Waals surface area contributed by atoms with Crippen LogP contribution in [0.4, 0.5) is 13.2 Å². The van der Waals surface area contributed by atoms with Gasteiger partial charge in [0.05, 0.1) is 22.0 Å². The minimum absolute atomic E-state index is 0.0397. The molecule has 2 aromatic carbocycles. The molecular weight excluding hydrogens is 417 g/mol. The number of alkyl halides is 3. The van der Waals surface area contributed by atoms with Crippen LogP contribution in [0.1, 0.15) is 28.2 Å². The summed E-state index contributed by atoms with van der Waals surface area (Å²) in [6.07, 6.45) is -2.79. The van der Waals surface area contributed by atoms with Crippen molar-refractivity contribution in [3.8, 4) is 0 Å². The van der Waals surface area contributed by atoms with Gasteiger partial charge in [0, 0.05) is 23.6 Å². The van der Waals surface area contributed by atoms with Gasteiger partial charge in [0.25, 0.3) is 5.56 Å². The van der Waals surface area contributed by atoms with Gasteiger partial charge in [-0.3, -0.25) is 9.36 Å². The molecule has 0 spiro atoms. The molecule has 156 valence electrons. The number of fused-ring (bicyclic) bond motifs is 2. The molecule has 30 heavy (non-hydrogen) atoms. The maximum atomic E-state index is 12.8. The van der Waals surface area contributed by atoms with Gasteiger partial charge in [-0.05, 0) is 42.8 Å². The number of ether oxygens (including phenoxy) is 1. The van der Waals surface area contributed by atoms with Crippen molar-refractivity contribution >= 4 is 28.6 Å². The third-order valence-electron chi connectivity index (χ3n) is 4.80. The predicted octanol–water partition coefficient (Wildman–Crippen LogP) is 4.31. The zero-order valence-electron chi connectivity index (χ0n) is 15.7. The molecule has 0 saturated carbocycles. The molecule has 1 aromatic heterocycles. The number of hydrogen-bond donors (Lipinski definition) is 0. The quantitative estimate of drug-likeness (QED) is 0.340. The summed E-state index contributed by atoms with van der Waals surface area (Å²) in [5.74, 6) is 0.465. The second kappa shape index (κ2) is 8.14. The molecule has 3 aromatic rings. The molecule has 5 nitrogen and oxygen atoms in total. The van der Waals surface area contributed by atoms with Gasteiger partial charge in [-0.25, -0.2) is 9.78 Å². The van der Waals surface area contributed by atoms with Crippen LogP contribution in [-0.4, -0.2) is 27.9 Å². The highest BCUT2D eigenvalue weighted by Crippen LogP contribution is 2.31. The molecule has 0 saturated heterocycles. The molecule has 0 fully saturated rings. The molecule has 0 unspecified atom stereocenters. The normalized spacial score (nSPS) is 13.4. The first-order valence-corrected chi connectivity index (χ1v) is 10.3. The van der Waals surface area contributed by atoms with Gasteiger partial charge < -0.3 is 4.74 Å². The number of halogens is 3. The average molecular weight is 434 g/mol. The van der Waals surface area contributed by atoms with Crippen LogP contribution >= 0.6 is 11.8 Å². The van der Waals surface area contributed by atoms with E-state index in [0.29, 0.717) is 28.1 Å². The molecule has 0 radical (unpaired) electrons. The summed E-state index contributed by atoms with van der Waals surface area (Å²) in [4.78, 5) is 29.7. The van der Waals surface area contributed by atoms with Crippen LogP contribution in [0.3, 0.4) is 0 Å². The minimum Gasteiger partial charge on any atom is -0.461 e. The smallest absolute Gasteiger partial charge is 0.416 e. The lowest BCUT2D eigenvalue weighted by Gasteiger charge is -2.09. The van der Waals surface area contributed by atoms with Gasteiger partial charge in [-0.15, -0.1) is 11.8 Å². The van der Waals surface area contributed by atoms with Gasteiger partial charge in [-0.1, -0.05) is 6.07 Å². The fourth-order valence-electron chi connectivity index (χ4n) is 3.35. The number of hydrogen-bond acceptors (Lipinski definition) is 5. The maximum Gasteiger partial charge on any atom is 0.416 e. The molecule has 0 N–H and O–H groups in total.